The smallest absolute Gasteiger partial charge is 0.195 e. The lowest BCUT2D eigenvalue weighted by molar-refractivity contribution is 0.633. The number of hydrogen-bond donors (Lipinski definition) is 1. The number of imidazole rings is 1. The topological polar surface area (TPSA) is 46.6 Å². The van der Waals surface area contributed by atoms with Crippen molar-refractivity contribution in [3.05, 3.63) is 17.3 Å². The van der Waals surface area contributed by atoms with Crippen LogP contribution < -0.4 is 10.6 Å². The number of fused-ring (bicyclic) bond motifs is 1. The van der Waals surface area contributed by atoms with Gasteiger partial charge in [-0.05, 0) is 19.3 Å². The van der Waals surface area contributed by atoms with Crippen molar-refractivity contribution in [2.24, 2.45) is 5.73 Å². The summed E-state index contributed by atoms with van der Waals surface area (Å²) in [5, 5.41) is 2.09. The molecule has 1 aliphatic carbocycles. The van der Waals surface area contributed by atoms with Crippen LogP contribution in [0.4, 0.5) is 5.82 Å². The van der Waals surface area contributed by atoms with Crippen molar-refractivity contribution in [3.63, 3.8) is 0 Å². The highest BCUT2D eigenvalue weighted by Gasteiger charge is 2.30. The number of rotatable bonds is 5. The van der Waals surface area contributed by atoms with E-state index in [1.807, 2.05) is 0 Å². The molecule has 1 unspecified atom stereocenters. The molecule has 2 N–H and O–H groups in total. The van der Waals surface area contributed by atoms with Gasteiger partial charge in [0, 0.05) is 37.1 Å². The Morgan fingerprint density at radius 2 is 2.39 bits per heavy atom. The van der Waals surface area contributed by atoms with Crippen LogP contribution in [-0.4, -0.2) is 28.5 Å². The molecular formula is C13H20N4S. The normalized spacial score (nSPS) is 17.3. The fourth-order valence-corrected chi connectivity index (χ4v) is 3.05. The van der Waals surface area contributed by atoms with Crippen LogP contribution in [0.2, 0.25) is 0 Å². The molecule has 1 atom stereocenters. The lowest BCUT2D eigenvalue weighted by atomic mass is 10.1. The summed E-state index contributed by atoms with van der Waals surface area (Å²) in [5.74, 6) is 1.13. The summed E-state index contributed by atoms with van der Waals surface area (Å²) in [5.41, 5.74) is 7.40. The van der Waals surface area contributed by atoms with Gasteiger partial charge in [0.25, 0.3) is 0 Å². The second-order valence-electron chi connectivity index (χ2n) is 5.15. The third kappa shape index (κ3) is 2.01. The Balaban J connectivity index is 2.00. The van der Waals surface area contributed by atoms with Gasteiger partial charge < -0.3 is 10.6 Å². The van der Waals surface area contributed by atoms with Crippen molar-refractivity contribution in [1.82, 2.24) is 9.38 Å². The quantitative estimate of drug-likeness (QED) is 0.901. The van der Waals surface area contributed by atoms with E-state index in [0.717, 1.165) is 23.6 Å². The van der Waals surface area contributed by atoms with Crippen LogP contribution in [0.1, 0.15) is 31.9 Å². The molecule has 1 aliphatic rings. The van der Waals surface area contributed by atoms with E-state index >= 15 is 0 Å². The maximum atomic E-state index is 6.13. The lowest BCUT2D eigenvalue weighted by Crippen LogP contribution is -2.26. The number of nitrogens with two attached hydrogens (primary N) is 1. The standard InChI is InChI=1S/C13H20N4S/c1-3-9(14)8-11-12(16(2)10-4-5-10)15-13-17(11)6-7-18-13/h6-7,9-10H,3-5,8,14H2,1-2H3. The van der Waals surface area contributed by atoms with Gasteiger partial charge >= 0.3 is 0 Å². The average Bonchev–Trinajstić information content (AvgIpc) is 3.03. The molecule has 2 heterocycles. The Morgan fingerprint density at radius 1 is 1.61 bits per heavy atom. The van der Waals surface area contributed by atoms with E-state index in [1.54, 1.807) is 11.3 Å². The summed E-state index contributed by atoms with van der Waals surface area (Å²) in [4.78, 5) is 8.18. The molecule has 0 bridgehead atoms. The van der Waals surface area contributed by atoms with E-state index in [1.165, 1.54) is 18.5 Å². The predicted molar refractivity (Wildman–Crippen MR) is 76.5 cm³/mol. The predicted octanol–water partition coefficient (Wildman–Crippen LogP) is 2.27. The van der Waals surface area contributed by atoms with Crippen molar-refractivity contribution >= 4 is 22.1 Å². The van der Waals surface area contributed by atoms with Gasteiger partial charge in [0.05, 0.1) is 5.69 Å². The second kappa shape index (κ2) is 4.55. The lowest BCUT2D eigenvalue weighted by Gasteiger charge is -2.18. The molecule has 0 radical (unpaired) electrons. The SMILES string of the molecule is CCC(N)Cc1c(N(C)C2CC2)nc2sccn12. The second-order valence-corrected chi connectivity index (χ2v) is 6.03. The van der Waals surface area contributed by atoms with Crippen LogP contribution >= 0.6 is 11.3 Å². The molecule has 18 heavy (non-hydrogen) atoms. The first-order chi connectivity index (χ1) is 8.70. The van der Waals surface area contributed by atoms with Gasteiger partial charge in [-0.15, -0.1) is 11.3 Å². The zero-order valence-electron chi connectivity index (χ0n) is 11.0. The van der Waals surface area contributed by atoms with Gasteiger partial charge in [-0.3, -0.25) is 4.40 Å². The third-order valence-corrected chi connectivity index (χ3v) is 4.51. The van der Waals surface area contributed by atoms with Crippen molar-refractivity contribution in [2.75, 3.05) is 11.9 Å². The van der Waals surface area contributed by atoms with Gasteiger partial charge in [0.15, 0.2) is 10.8 Å². The fraction of sp³-hybridized carbons (Fsp3) is 0.615. The van der Waals surface area contributed by atoms with E-state index in [-0.39, 0.29) is 6.04 Å². The van der Waals surface area contributed by atoms with Crippen molar-refractivity contribution < 1.29 is 0 Å². The molecule has 1 fully saturated rings. The average molecular weight is 264 g/mol. The van der Waals surface area contributed by atoms with Gasteiger partial charge in [-0.1, -0.05) is 6.92 Å². The monoisotopic (exact) mass is 264 g/mol. The molecule has 0 saturated heterocycles. The van der Waals surface area contributed by atoms with E-state index in [9.17, 15) is 0 Å². The first-order valence-electron chi connectivity index (χ1n) is 6.63. The minimum atomic E-state index is 0.219. The van der Waals surface area contributed by atoms with Gasteiger partial charge in [0.2, 0.25) is 0 Å². The first-order valence-corrected chi connectivity index (χ1v) is 7.51. The van der Waals surface area contributed by atoms with Crippen LogP contribution in [0, 0.1) is 0 Å². The van der Waals surface area contributed by atoms with E-state index in [2.05, 4.69) is 34.8 Å². The van der Waals surface area contributed by atoms with Crippen LogP contribution in [0.25, 0.3) is 4.96 Å². The Hall–Kier alpha value is -1.07. The van der Waals surface area contributed by atoms with Crippen molar-refractivity contribution in [3.8, 4) is 0 Å². The van der Waals surface area contributed by atoms with Crippen molar-refractivity contribution in [2.45, 2.75) is 44.7 Å². The molecule has 0 aliphatic heterocycles. The Labute approximate surface area is 111 Å². The van der Waals surface area contributed by atoms with Crippen LogP contribution in [0.15, 0.2) is 11.6 Å². The zero-order chi connectivity index (χ0) is 12.7. The molecule has 2 aromatic heterocycles. The molecule has 2 aromatic rings. The number of anilines is 1. The molecule has 0 amide bonds. The highest BCUT2D eigenvalue weighted by molar-refractivity contribution is 7.15. The minimum absolute atomic E-state index is 0.219. The van der Waals surface area contributed by atoms with Crippen LogP contribution in [-0.2, 0) is 6.42 Å². The number of aromatic nitrogens is 2. The maximum absolute atomic E-state index is 6.13. The maximum Gasteiger partial charge on any atom is 0.195 e. The van der Waals surface area contributed by atoms with E-state index < -0.39 is 0 Å². The molecule has 1 saturated carbocycles. The Kier molecular flexibility index (Phi) is 3.03. The van der Waals surface area contributed by atoms with Crippen LogP contribution in [0.5, 0.6) is 0 Å². The summed E-state index contributed by atoms with van der Waals surface area (Å²) >= 11 is 1.69. The molecule has 98 valence electrons. The Morgan fingerprint density at radius 3 is 3.06 bits per heavy atom. The first kappa shape index (κ1) is 12.0. The number of thiazole rings is 1. The molecular weight excluding hydrogens is 244 g/mol. The largest absolute Gasteiger partial charge is 0.355 e. The Bertz CT molecular complexity index is 540. The van der Waals surface area contributed by atoms with Crippen molar-refractivity contribution in [1.29, 1.82) is 0 Å². The van der Waals surface area contributed by atoms with Crippen LogP contribution in [0.3, 0.4) is 0 Å². The molecule has 3 rings (SSSR count). The summed E-state index contributed by atoms with van der Waals surface area (Å²) in [6.07, 6.45) is 6.60. The summed E-state index contributed by atoms with van der Waals surface area (Å²) in [6.45, 7) is 2.14. The fourth-order valence-electron chi connectivity index (χ4n) is 2.32. The summed E-state index contributed by atoms with van der Waals surface area (Å²) in [7, 11) is 2.16. The summed E-state index contributed by atoms with van der Waals surface area (Å²) < 4.78 is 2.20. The summed E-state index contributed by atoms with van der Waals surface area (Å²) in [6, 6.07) is 0.905. The molecule has 5 heteroatoms. The molecule has 0 spiro atoms. The highest BCUT2D eigenvalue weighted by atomic mass is 32.1. The molecule has 0 aromatic carbocycles. The molecule has 4 nitrogen and oxygen atoms in total. The highest BCUT2D eigenvalue weighted by Crippen LogP contribution is 2.33. The number of hydrogen-bond acceptors (Lipinski definition) is 4. The zero-order valence-corrected chi connectivity index (χ0v) is 11.8. The van der Waals surface area contributed by atoms with E-state index in [0.29, 0.717) is 6.04 Å². The van der Waals surface area contributed by atoms with E-state index in [4.69, 9.17) is 10.7 Å². The minimum Gasteiger partial charge on any atom is -0.355 e. The third-order valence-electron chi connectivity index (χ3n) is 3.75. The van der Waals surface area contributed by atoms with Gasteiger partial charge in [-0.2, -0.15) is 0 Å². The number of nitrogens with zero attached hydrogens (tertiary/aromatic N) is 3. The van der Waals surface area contributed by atoms with Gasteiger partial charge in [-0.25, -0.2) is 4.98 Å². The van der Waals surface area contributed by atoms with Gasteiger partial charge in [0.1, 0.15) is 0 Å².